The second-order valence-corrected chi connectivity index (χ2v) is 8.36. The van der Waals surface area contributed by atoms with E-state index in [0.717, 1.165) is 37.4 Å². The average Bonchev–Trinajstić information content (AvgIpc) is 3.49. The van der Waals surface area contributed by atoms with Crippen LogP contribution in [-0.2, 0) is 4.74 Å². The van der Waals surface area contributed by atoms with Crippen molar-refractivity contribution in [1.29, 1.82) is 0 Å². The van der Waals surface area contributed by atoms with E-state index >= 15 is 0 Å². The highest BCUT2D eigenvalue weighted by atomic mass is 16.5. The Morgan fingerprint density at radius 3 is 2.61 bits per heavy atom. The largest absolute Gasteiger partial charge is 0.379 e. The molecule has 1 aliphatic carbocycles. The number of pyridine rings is 1. The van der Waals surface area contributed by atoms with Gasteiger partial charge in [-0.2, -0.15) is 0 Å². The summed E-state index contributed by atoms with van der Waals surface area (Å²) in [6.45, 7) is 1.55. The van der Waals surface area contributed by atoms with Gasteiger partial charge in [0, 0.05) is 37.6 Å². The number of aromatic nitrogens is 4. The summed E-state index contributed by atoms with van der Waals surface area (Å²) in [5.74, 6) is 1.85. The van der Waals surface area contributed by atoms with E-state index in [1.807, 2.05) is 47.4 Å². The summed E-state index contributed by atoms with van der Waals surface area (Å²) in [5.41, 5.74) is 1.57. The average molecular weight is 419 g/mol. The second-order valence-electron chi connectivity index (χ2n) is 8.36. The quantitative estimate of drug-likeness (QED) is 0.686. The molecule has 4 atom stereocenters. The number of rotatable bonds is 5. The highest BCUT2D eigenvalue weighted by molar-refractivity contribution is 5.95. The topological polar surface area (TPSA) is 85.2 Å². The molecule has 1 amide bonds. The number of fused-ring (bicyclic) bond motifs is 1. The van der Waals surface area contributed by atoms with Gasteiger partial charge in [-0.1, -0.05) is 12.1 Å². The highest BCUT2D eigenvalue weighted by Crippen LogP contribution is 2.39. The van der Waals surface area contributed by atoms with Crippen LogP contribution in [0.1, 0.15) is 23.2 Å². The minimum atomic E-state index is 0.0764. The molecule has 1 saturated heterocycles. The van der Waals surface area contributed by atoms with Gasteiger partial charge in [-0.05, 0) is 55.0 Å². The van der Waals surface area contributed by atoms with E-state index in [2.05, 4.69) is 20.5 Å². The zero-order valence-electron chi connectivity index (χ0n) is 17.5. The molecule has 0 bridgehead atoms. The molecule has 8 heteroatoms. The first-order valence-corrected chi connectivity index (χ1v) is 10.7. The van der Waals surface area contributed by atoms with Crippen LogP contribution in [0.3, 0.4) is 0 Å². The molecule has 31 heavy (non-hydrogen) atoms. The van der Waals surface area contributed by atoms with Gasteiger partial charge in [-0.15, -0.1) is 10.2 Å². The third kappa shape index (κ3) is 4.03. The first-order valence-electron chi connectivity index (χ1n) is 10.7. The molecule has 2 fully saturated rings. The fourth-order valence-corrected chi connectivity index (χ4v) is 4.95. The molecule has 0 spiro atoms. The number of methoxy groups -OCH3 is 1. The lowest BCUT2D eigenvalue weighted by Gasteiger charge is -2.37. The number of likely N-dealkylation sites (tertiary alicyclic amines) is 1. The Morgan fingerprint density at radius 2 is 1.87 bits per heavy atom. The molecule has 0 unspecified atom stereocenters. The van der Waals surface area contributed by atoms with Crippen molar-refractivity contribution in [2.75, 3.05) is 25.5 Å². The molecule has 1 N–H and O–H groups in total. The summed E-state index contributed by atoms with van der Waals surface area (Å²) in [5, 5.41) is 11.2. The molecule has 1 saturated carbocycles. The predicted molar refractivity (Wildman–Crippen MR) is 116 cm³/mol. The van der Waals surface area contributed by atoms with Crippen molar-refractivity contribution in [3.05, 3.63) is 66.9 Å². The lowest BCUT2D eigenvalue weighted by Crippen LogP contribution is -2.44. The minimum absolute atomic E-state index is 0.0764. The fraction of sp³-hybridized carbons (Fsp3) is 0.391. The maximum atomic E-state index is 13.3. The van der Waals surface area contributed by atoms with Gasteiger partial charge < -0.3 is 15.0 Å². The molecule has 2 aliphatic rings. The summed E-state index contributed by atoms with van der Waals surface area (Å²) in [6, 6.07) is 13.7. The predicted octanol–water partition coefficient (Wildman–Crippen LogP) is 2.64. The number of carbonyl (C=O) groups excluding carboxylic acids is 1. The summed E-state index contributed by atoms with van der Waals surface area (Å²) >= 11 is 0. The van der Waals surface area contributed by atoms with Crippen LogP contribution in [0.5, 0.6) is 0 Å². The number of ether oxygens (including phenoxy) is 1. The van der Waals surface area contributed by atoms with Gasteiger partial charge in [0.1, 0.15) is 18.5 Å². The van der Waals surface area contributed by atoms with E-state index in [1.165, 1.54) is 0 Å². The Hall–Kier alpha value is -3.26. The smallest absolute Gasteiger partial charge is 0.253 e. The van der Waals surface area contributed by atoms with Crippen molar-refractivity contribution >= 4 is 11.7 Å². The zero-order valence-corrected chi connectivity index (χ0v) is 17.5. The van der Waals surface area contributed by atoms with Gasteiger partial charge in [-0.25, -0.2) is 4.98 Å². The molecule has 8 nitrogen and oxygen atoms in total. The van der Waals surface area contributed by atoms with Crippen molar-refractivity contribution in [1.82, 2.24) is 24.6 Å². The normalized spacial score (nSPS) is 25.3. The van der Waals surface area contributed by atoms with E-state index in [-0.39, 0.29) is 18.1 Å². The van der Waals surface area contributed by atoms with Gasteiger partial charge in [0.2, 0.25) is 0 Å². The number of amides is 1. The van der Waals surface area contributed by atoms with Crippen molar-refractivity contribution < 1.29 is 9.53 Å². The number of nitrogens with one attached hydrogen (secondary N) is 1. The Bertz CT molecular complexity index is 1030. The Kier molecular flexibility index (Phi) is 5.38. The molecule has 0 radical (unpaired) electrons. The molecule has 5 rings (SSSR count). The maximum absolute atomic E-state index is 13.3. The van der Waals surface area contributed by atoms with Crippen LogP contribution in [0, 0.1) is 11.8 Å². The van der Waals surface area contributed by atoms with E-state index < -0.39 is 0 Å². The highest BCUT2D eigenvalue weighted by Gasteiger charge is 2.43. The molecular weight excluding hydrogens is 392 g/mol. The zero-order chi connectivity index (χ0) is 21.2. The number of anilines is 1. The number of nitrogens with zero attached hydrogens (tertiary/aromatic N) is 5. The van der Waals surface area contributed by atoms with Crippen LogP contribution >= 0.6 is 0 Å². The monoisotopic (exact) mass is 418 g/mol. The second kappa shape index (κ2) is 8.47. The molecule has 1 aliphatic heterocycles. The number of benzene rings is 1. The molecule has 3 heterocycles. The van der Waals surface area contributed by atoms with Crippen molar-refractivity contribution in [3.8, 4) is 5.69 Å². The van der Waals surface area contributed by atoms with E-state index in [9.17, 15) is 4.79 Å². The van der Waals surface area contributed by atoms with Gasteiger partial charge in [0.25, 0.3) is 5.91 Å². The van der Waals surface area contributed by atoms with Gasteiger partial charge >= 0.3 is 0 Å². The molecule has 1 aromatic carbocycles. The fourth-order valence-electron chi connectivity index (χ4n) is 4.95. The third-order valence-corrected chi connectivity index (χ3v) is 6.52. The lowest BCUT2D eigenvalue weighted by molar-refractivity contribution is 0.0304. The van der Waals surface area contributed by atoms with Crippen molar-refractivity contribution in [2.45, 2.75) is 25.0 Å². The first-order chi connectivity index (χ1) is 15.2. The van der Waals surface area contributed by atoms with E-state index in [4.69, 9.17) is 4.74 Å². The Labute approximate surface area is 181 Å². The van der Waals surface area contributed by atoms with Crippen LogP contribution in [0.25, 0.3) is 5.69 Å². The number of carbonyl (C=O) groups is 1. The van der Waals surface area contributed by atoms with Crippen molar-refractivity contribution in [2.24, 2.45) is 11.8 Å². The SMILES string of the molecule is CO[C@@H]1C[C@H]2CN(C(=O)c3cccc(-n4cnnc4)c3)C[C@H]2C[C@H]1Nc1ccccn1. The Morgan fingerprint density at radius 1 is 1.06 bits per heavy atom. The summed E-state index contributed by atoms with van der Waals surface area (Å²) in [4.78, 5) is 19.7. The van der Waals surface area contributed by atoms with E-state index in [0.29, 0.717) is 17.4 Å². The maximum Gasteiger partial charge on any atom is 0.253 e. The first kappa shape index (κ1) is 19.7. The van der Waals surface area contributed by atoms with E-state index in [1.54, 1.807) is 30.5 Å². The van der Waals surface area contributed by atoms with Gasteiger partial charge in [0.05, 0.1) is 12.1 Å². The Balaban J connectivity index is 1.29. The third-order valence-electron chi connectivity index (χ3n) is 6.52. The standard InChI is InChI=1S/C23H26N6O2/c1-31-21-11-18-13-28(12-17(18)10-20(21)27-22-7-2-3-8-24-22)23(30)16-5-4-6-19(9-16)29-14-25-26-15-29/h2-9,14-15,17-18,20-21H,10-13H2,1H3,(H,24,27)/t17-,18+,20-,21-/m1/s1. The summed E-state index contributed by atoms with van der Waals surface area (Å²) < 4.78 is 7.62. The van der Waals surface area contributed by atoms with Crippen LogP contribution in [0.15, 0.2) is 61.3 Å². The molecule has 3 aromatic rings. The summed E-state index contributed by atoms with van der Waals surface area (Å²) in [7, 11) is 1.77. The molecule has 160 valence electrons. The molecule has 2 aromatic heterocycles. The van der Waals surface area contributed by atoms with Crippen LogP contribution in [0.4, 0.5) is 5.82 Å². The number of hydrogen-bond donors (Lipinski definition) is 1. The summed E-state index contributed by atoms with van der Waals surface area (Å²) in [6.07, 6.45) is 7.07. The van der Waals surface area contributed by atoms with Gasteiger partial charge in [-0.3, -0.25) is 9.36 Å². The van der Waals surface area contributed by atoms with Crippen molar-refractivity contribution in [3.63, 3.8) is 0 Å². The minimum Gasteiger partial charge on any atom is -0.379 e. The van der Waals surface area contributed by atoms with Crippen LogP contribution in [-0.4, -0.2) is 62.9 Å². The lowest BCUT2D eigenvalue weighted by atomic mass is 9.77. The van der Waals surface area contributed by atoms with Gasteiger partial charge in [0.15, 0.2) is 0 Å². The number of hydrogen-bond acceptors (Lipinski definition) is 6. The molecular formula is C23H26N6O2. The van der Waals surface area contributed by atoms with Crippen LogP contribution in [0.2, 0.25) is 0 Å². The van der Waals surface area contributed by atoms with Crippen LogP contribution < -0.4 is 5.32 Å².